The first-order valence-electron chi connectivity index (χ1n) is 6.99. The number of amides is 1. The van der Waals surface area contributed by atoms with E-state index < -0.39 is 5.41 Å². The van der Waals surface area contributed by atoms with Gasteiger partial charge in [-0.3, -0.25) is 4.79 Å². The van der Waals surface area contributed by atoms with Crippen LogP contribution in [0.4, 0.5) is 0 Å². The van der Waals surface area contributed by atoms with Gasteiger partial charge in [0.05, 0.1) is 16.4 Å². The maximum absolute atomic E-state index is 12.7. The normalized spacial score (nSPS) is 19.3. The van der Waals surface area contributed by atoms with Gasteiger partial charge in [0.15, 0.2) is 0 Å². The Morgan fingerprint density at radius 3 is 2.65 bits per heavy atom. The molecule has 0 aromatic carbocycles. The van der Waals surface area contributed by atoms with Crippen LogP contribution in [-0.2, 0) is 4.79 Å². The lowest BCUT2D eigenvalue weighted by Crippen LogP contribution is -2.50. The van der Waals surface area contributed by atoms with Crippen LogP contribution in [-0.4, -0.2) is 15.9 Å². The minimum absolute atomic E-state index is 0.0370. The Morgan fingerprint density at radius 1 is 1.50 bits per heavy atom. The van der Waals surface area contributed by atoms with Gasteiger partial charge in [-0.05, 0) is 26.7 Å². The van der Waals surface area contributed by atoms with Gasteiger partial charge in [-0.2, -0.15) is 0 Å². The number of nitrogens with one attached hydrogen (secondary N) is 1. The molecule has 6 heteroatoms. The Balaban J connectivity index is 2.11. The minimum Gasteiger partial charge on any atom is -0.392 e. The van der Waals surface area contributed by atoms with Gasteiger partial charge in [-0.15, -0.1) is 11.3 Å². The van der Waals surface area contributed by atoms with E-state index in [1.165, 1.54) is 0 Å². The lowest BCUT2D eigenvalue weighted by atomic mass is 9.73. The minimum atomic E-state index is -0.659. The van der Waals surface area contributed by atoms with Gasteiger partial charge in [-0.25, -0.2) is 4.98 Å². The first kappa shape index (κ1) is 15.4. The van der Waals surface area contributed by atoms with E-state index in [2.05, 4.69) is 10.3 Å². The zero-order valence-corrected chi connectivity index (χ0v) is 13.6. The number of nitrogens with two attached hydrogens (primary N) is 1. The summed E-state index contributed by atoms with van der Waals surface area (Å²) in [6.45, 7) is 3.96. The molecule has 1 amide bonds. The van der Waals surface area contributed by atoms with E-state index in [0.717, 1.165) is 42.0 Å². The molecule has 0 spiro atoms. The number of thiazole rings is 1. The fraction of sp³-hybridized carbons (Fsp3) is 0.643. The molecule has 1 aromatic heterocycles. The molecular weight excluding hydrogens is 290 g/mol. The highest BCUT2D eigenvalue weighted by molar-refractivity contribution is 7.80. The average Bonchev–Trinajstić information content (AvgIpc) is 2.86. The standard InChI is InChI=1S/C14H21N3OS2/c1-9-8-16-11(20-9)10(2)17-13(18)14(12(15)19)6-4-3-5-7-14/h8,10H,3-7H2,1-2H3,(H2,15,19)(H,17,18). The molecule has 20 heavy (non-hydrogen) atoms. The number of rotatable bonds is 4. The Labute approximate surface area is 129 Å². The summed E-state index contributed by atoms with van der Waals surface area (Å²) in [7, 11) is 0. The SMILES string of the molecule is Cc1cnc(C(C)NC(=O)C2(C(N)=S)CCCCC2)s1. The molecule has 0 aliphatic heterocycles. The van der Waals surface area contributed by atoms with Gasteiger partial charge in [0.25, 0.3) is 0 Å². The fourth-order valence-electron chi connectivity index (χ4n) is 2.71. The maximum atomic E-state index is 12.7. The summed E-state index contributed by atoms with van der Waals surface area (Å²) in [4.78, 5) is 18.4. The number of carbonyl (C=O) groups is 1. The van der Waals surface area contributed by atoms with Crippen LogP contribution in [0.5, 0.6) is 0 Å². The summed E-state index contributed by atoms with van der Waals surface area (Å²) in [5.41, 5.74) is 5.22. The third-order valence-corrected chi connectivity index (χ3v) is 5.46. The number of aryl methyl sites for hydroxylation is 1. The number of hydrogen-bond donors (Lipinski definition) is 2. The summed E-state index contributed by atoms with van der Waals surface area (Å²) < 4.78 is 0. The lowest BCUT2D eigenvalue weighted by molar-refractivity contribution is -0.129. The average molecular weight is 311 g/mol. The second-order valence-electron chi connectivity index (χ2n) is 5.51. The van der Waals surface area contributed by atoms with E-state index in [1.54, 1.807) is 11.3 Å². The molecule has 3 N–H and O–H groups in total. The highest BCUT2D eigenvalue weighted by Crippen LogP contribution is 2.37. The molecule has 1 unspecified atom stereocenters. The van der Waals surface area contributed by atoms with Crippen molar-refractivity contribution in [1.82, 2.24) is 10.3 Å². The molecule has 4 nitrogen and oxygen atoms in total. The number of aromatic nitrogens is 1. The Hall–Kier alpha value is -1.01. The summed E-state index contributed by atoms with van der Waals surface area (Å²) in [6.07, 6.45) is 6.52. The van der Waals surface area contributed by atoms with Crippen molar-refractivity contribution in [3.05, 3.63) is 16.1 Å². The van der Waals surface area contributed by atoms with Crippen molar-refractivity contribution in [2.75, 3.05) is 0 Å². The summed E-state index contributed by atoms with van der Waals surface area (Å²) in [6, 6.07) is -0.102. The van der Waals surface area contributed by atoms with Crippen molar-refractivity contribution in [3.63, 3.8) is 0 Å². The molecule has 1 fully saturated rings. The van der Waals surface area contributed by atoms with Gasteiger partial charge in [0.2, 0.25) is 5.91 Å². The van der Waals surface area contributed by atoms with Crippen molar-refractivity contribution in [2.45, 2.75) is 52.0 Å². The first-order chi connectivity index (χ1) is 9.45. The van der Waals surface area contributed by atoms with E-state index in [4.69, 9.17) is 18.0 Å². The van der Waals surface area contributed by atoms with Crippen molar-refractivity contribution in [2.24, 2.45) is 11.1 Å². The molecule has 1 aliphatic carbocycles. The van der Waals surface area contributed by atoms with Crippen LogP contribution in [0.1, 0.15) is 55.0 Å². The van der Waals surface area contributed by atoms with E-state index in [1.807, 2.05) is 20.0 Å². The van der Waals surface area contributed by atoms with Gasteiger partial charge in [0.1, 0.15) is 5.01 Å². The van der Waals surface area contributed by atoms with Crippen LogP contribution in [0.25, 0.3) is 0 Å². The van der Waals surface area contributed by atoms with E-state index in [9.17, 15) is 4.79 Å². The van der Waals surface area contributed by atoms with E-state index in [-0.39, 0.29) is 11.9 Å². The zero-order valence-electron chi connectivity index (χ0n) is 11.9. The van der Waals surface area contributed by atoms with Gasteiger partial charge in [0, 0.05) is 11.1 Å². The van der Waals surface area contributed by atoms with Gasteiger partial charge >= 0.3 is 0 Å². The third-order valence-electron chi connectivity index (χ3n) is 3.97. The van der Waals surface area contributed by atoms with Crippen molar-refractivity contribution >= 4 is 34.5 Å². The number of nitrogens with zero attached hydrogens (tertiary/aromatic N) is 1. The van der Waals surface area contributed by atoms with E-state index in [0.29, 0.717) is 4.99 Å². The number of thiocarbonyl (C=S) groups is 1. The molecule has 0 saturated heterocycles. The highest BCUT2D eigenvalue weighted by Gasteiger charge is 2.42. The topological polar surface area (TPSA) is 68.0 Å². The molecule has 1 aromatic rings. The van der Waals surface area contributed by atoms with Gasteiger partial charge in [-0.1, -0.05) is 31.5 Å². The maximum Gasteiger partial charge on any atom is 0.233 e. The smallest absolute Gasteiger partial charge is 0.233 e. The van der Waals surface area contributed by atoms with Crippen LogP contribution in [0.3, 0.4) is 0 Å². The molecule has 1 atom stereocenters. The predicted molar refractivity (Wildman–Crippen MR) is 85.7 cm³/mol. The van der Waals surface area contributed by atoms with Crippen LogP contribution in [0.2, 0.25) is 0 Å². The molecule has 1 aliphatic rings. The summed E-state index contributed by atoms with van der Waals surface area (Å²) in [5.74, 6) is -0.0370. The highest BCUT2D eigenvalue weighted by atomic mass is 32.1. The van der Waals surface area contributed by atoms with Crippen LogP contribution in [0.15, 0.2) is 6.20 Å². The molecule has 2 rings (SSSR count). The monoisotopic (exact) mass is 311 g/mol. The Kier molecular flexibility index (Phi) is 4.75. The first-order valence-corrected chi connectivity index (χ1v) is 8.21. The number of hydrogen-bond acceptors (Lipinski definition) is 4. The van der Waals surface area contributed by atoms with Gasteiger partial charge < -0.3 is 11.1 Å². The second kappa shape index (κ2) is 6.18. The Morgan fingerprint density at radius 2 is 2.15 bits per heavy atom. The predicted octanol–water partition coefficient (Wildman–Crippen LogP) is 2.87. The van der Waals surface area contributed by atoms with Crippen LogP contribution < -0.4 is 11.1 Å². The second-order valence-corrected chi connectivity index (χ2v) is 7.22. The van der Waals surface area contributed by atoms with Crippen molar-refractivity contribution in [3.8, 4) is 0 Å². The molecule has 1 saturated carbocycles. The molecule has 0 radical (unpaired) electrons. The third kappa shape index (κ3) is 3.01. The van der Waals surface area contributed by atoms with Crippen molar-refractivity contribution in [1.29, 1.82) is 0 Å². The lowest BCUT2D eigenvalue weighted by Gasteiger charge is -2.35. The van der Waals surface area contributed by atoms with Crippen LogP contribution in [0, 0.1) is 12.3 Å². The quantitative estimate of drug-likeness (QED) is 0.839. The van der Waals surface area contributed by atoms with E-state index >= 15 is 0 Å². The molecule has 0 bridgehead atoms. The zero-order chi connectivity index (χ0) is 14.8. The molecule has 110 valence electrons. The van der Waals surface area contributed by atoms with Crippen molar-refractivity contribution < 1.29 is 4.79 Å². The number of carbonyl (C=O) groups excluding carboxylic acids is 1. The summed E-state index contributed by atoms with van der Waals surface area (Å²) >= 11 is 6.78. The largest absolute Gasteiger partial charge is 0.392 e. The fourth-order valence-corrected chi connectivity index (χ4v) is 3.78. The summed E-state index contributed by atoms with van der Waals surface area (Å²) in [5, 5.41) is 3.96. The molecule has 1 heterocycles. The van der Waals surface area contributed by atoms with Crippen LogP contribution >= 0.6 is 23.6 Å². The molecular formula is C14H21N3OS2. The Bertz CT molecular complexity index is 506.